The first kappa shape index (κ1) is 13.7. The Balaban J connectivity index is 1.62. The van der Waals surface area contributed by atoms with Gasteiger partial charge < -0.3 is 10.3 Å². The Bertz CT molecular complexity index is 974. The standard InChI is InChI=1S/C19H19N5/c1-2-4-16-13(3-1)10-17(22-16)18-15-9-14(11-21-19(15)24-23-18)12-5-7-20-8-6-12/h1-4,9-12,20,22H,5-8H2,(H,21,23,24). The van der Waals surface area contributed by atoms with Crippen molar-refractivity contribution in [3.05, 3.63) is 48.2 Å². The maximum Gasteiger partial charge on any atom is 0.181 e. The average molecular weight is 317 g/mol. The Morgan fingerprint density at radius 2 is 1.92 bits per heavy atom. The molecule has 5 nitrogen and oxygen atoms in total. The molecule has 0 aliphatic carbocycles. The first-order valence-corrected chi connectivity index (χ1v) is 8.51. The van der Waals surface area contributed by atoms with E-state index < -0.39 is 0 Å². The summed E-state index contributed by atoms with van der Waals surface area (Å²) in [6.45, 7) is 2.17. The molecule has 3 aromatic heterocycles. The molecule has 4 heterocycles. The quantitative estimate of drug-likeness (QED) is 0.529. The second kappa shape index (κ2) is 5.46. The molecule has 0 radical (unpaired) electrons. The van der Waals surface area contributed by atoms with Gasteiger partial charge in [-0.15, -0.1) is 0 Å². The molecule has 1 aliphatic rings. The van der Waals surface area contributed by atoms with E-state index in [1.807, 2.05) is 12.3 Å². The number of aromatic nitrogens is 4. The van der Waals surface area contributed by atoms with Gasteiger partial charge in [0.2, 0.25) is 0 Å². The number of rotatable bonds is 2. The van der Waals surface area contributed by atoms with E-state index in [0.29, 0.717) is 5.92 Å². The predicted molar refractivity (Wildman–Crippen MR) is 96.0 cm³/mol. The lowest BCUT2D eigenvalue weighted by atomic mass is 9.91. The summed E-state index contributed by atoms with van der Waals surface area (Å²) in [5.41, 5.74) is 5.31. The number of nitrogens with one attached hydrogen (secondary N) is 3. The lowest BCUT2D eigenvalue weighted by Gasteiger charge is -2.22. The van der Waals surface area contributed by atoms with E-state index in [9.17, 15) is 0 Å². The maximum absolute atomic E-state index is 4.58. The van der Waals surface area contributed by atoms with E-state index in [1.54, 1.807) is 0 Å². The minimum Gasteiger partial charge on any atom is -0.353 e. The second-order valence-corrected chi connectivity index (χ2v) is 6.53. The molecule has 0 atom stereocenters. The normalized spacial score (nSPS) is 16.2. The number of fused-ring (bicyclic) bond motifs is 2. The highest BCUT2D eigenvalue weighted by atomic mass is 15.2. The number of para-hydroxylation sites is 1. The van der Waals surface area contributed by atoms with Crippen LogP contribution in [0, 0.1) is 0 Å². The zero-order valence-electron chi connectivity index (χ0n) is 13.3. The molecule has 5 rings (SSSR count). The van der Waals surface area contributed by atoms with Gasteiger partial charge in [0.15, 0.2) is 5.65 Å². The van der Waals surface area contributed by atoms with Crippen LogP contribution in [0.2, 0.25) is 0 Å². The second-order valence-electron chi connectivity index (χ2n) is 6.53. The molecular formula is C19H19N5. The van der Waals surface area contributed by atoms with Gasteiger partial charge >= 0.3 is 0 Å². The first-order valence-electron chi connectivity index (χ1n) is 8.51. The van der Waals surface area contributed by atoms with Gasteiger partial charge in [-0.05, 0) is 55.6 Å². The summed E-state index contributed by atoms with van der Waals surface area (Å²) in [4.78, 5) is 8.06. The fourth-order valence-electron chi connectivity index (χ4n) is 3.71. The predicted octanol–water partition coefficient (Wildman–Crippen LogP) is 3.57. The molecule has 3 N–H and O–H groups in total. The van der Waals surface area contributed by atoms with Crippen molar-refractivity contribution >= 4 is 21.9 Å². The van der Waals surface area contributed by atoms with Crippen molar-refractivity contribution in [2.75, 3.05) is 13.1 Å². The Hall–Kier alpha value is -2.66. The summed E-state index contributed by atoms with van der Waals surface area (Å²) < 4.78 is 0. The van der Waals surface area contributed by atoms with Gasteiger partial charge in [0.05, 0.1) is 11.4 Å². The lowest BCUT2D eigenvalue weighted by Crippen LogP contribution is -2.26. The van der Waals surface area contributed by atoms with Gasteiger partial charge in [-0.1, -0.05) is 18.2 Å². The number of hydrogen-bond donors (Lipinski definition) is 3. The zero-order valence-corrected chi connectivity index (χ0v) is 13.3. The fourth-order valence-corrected chi connectivity index (χ4v) is 3.71. The average Bonchev–Trinajstić information content (AvgIpc) is 3.25. The third-order valence-electron chi connectivity index (χ3n) is 5.04. The number of H-pyrrole nitrogens is 2. The third-order valence-corrected chi connectivity index (χ3v) is 5.04. The Kier molecular flexibility index (Phi) is 3.13. The van der Waals surface area contributed by atoms with Crippen molar-refractivity contribution < 1.29 is 0 Å². The SMILES string of the molecule is c1ccc2[nH]c(-c3[nH]nc4ncc(C5CCNCC5)cc34)cc2c1. The molecular weight excluding hydrogens is 298 g/mol. The highest BCUT2D eigenvalue weighted by molar-refractivity contribution is 5.94. The summed E-state index contributed by atoms with van der Waals surface area (Å²) in [6, 6.07) is 12.7. The molecule has 0 bridgehead atoms. The highest BCUT2D eigenvalue weighted by Gasteiger charge is 2.18. The highest BCUT2D eigenvalue weighted by Crippen LogP contribution is 2.31. The molecule has 1 fully saturated rings. The molecule has 0 spiro atoms. The number of nitrogens with zero attached hydrogens (tertiary/aromatic N) is 2. The van der Waals surface area contributed by atoms with E-state index in [2.05, 4.69) is 55.8 Å². The maximum atomic E-state index is 4.58. The first-order chi connectivity index (χ1) is 11.9. The van der Waals surface area contributed by atoms with Gasteiger partial charge in [-0.3, -0.25) is 5.10 Å². The monoisotopic (exact) mass is 317 g/mol. The van der Waals surface area contributed by atoms with E-state index in [4.69, 9.17) is 0 Å². The van der Waals surface area contributed by atoms with Crippen LogP contribution in [0.5, 0.6) is 0 Å². The van der Waals surface area contributed by atoms with Gasteiger partial charge in [-0.25, -0.2) is 4.98 Å². The molecule has 5 heteroatoms. The third kappa shape index (κ3) is 2.20. The molecule has 120 valence electrons. The fraction of sp³-hybridized carbons (Fsp3) is 0.263. The zero-order chi connectivity index (χ0) is 15.9. The largest absolute Gasteiger partial charge is 0.353 e. The van der Waals surface area contributed by atoms with Gasteiger partial charge in [0.25, 0.3) is 0 Å². The van der Waals surface area contributed by atoms with Crippen LogP contribution in [-0.2, 0) is 0 Å². The van der Waals surface area contributed by atoms with Crippen LogP contribution in [0.1, 0.15) is 24.3 Å². The van der Waals surface area contributed by atoms with Crippen LogP contribution < -0.4 is 5.32 Å². The smallest absolute Gasteiger partial charge is 0.181 e. The van der Waals surface area contributed by atoms with Crippen molar-refractivity contribution in [2.24, 2.45) is 0 Å². The molecule has 4 aromatic rings. The minimum atomic E-state index is 0.591. The van der Waals surface area contributed by atoms with Crippen molar-refractivity contribution in [3.8, 4) is 11.4 Å². The van der Waals surface area contributed by atoms with E-state index >= 15 is 0 Å². The van der Waals surface area contributed by atoms with Crippen LogP contribution in [0.4, 0.5) is 0 Å². The number of benzene rings is 1. The Morgan fingerprint density at radius 3 is 2.79 bits per heavy atom. The Labute approximate surface area is 139 Å². The molecule has 1 aliphatic heterocycles. The molecule has 24 heavy (non-hydrogen) atoms. The molecule has 1 aromatic carbocycles. The summed E-state index contributed by atoms with van der Waals surface area (Å²) in [7, 11) is 0. The van der Waals surface area contributed by atoms with E-state index in [-0.39, 0.29) is 0 Å². The summed E-state index contributed by atoms with van der Waals surface area (Å²) in [5.74, 6) is 0.591. The van der Waals surface area contributed by atoms with Crippen molar-refractivity contribution in [2.45, 2.75) is 18.8 Å². The lowest BCUT2D eigenvalue weighted by molar-refractivity contribution is 0.460. The van der Waals surface area contributed by atoms with Crippen LogP contribution in [0.25, 0.3) is 33.3 Å². The van der Waals surface area contributed by atoms with Crippen molar-refractivity contribution in [3.63, 3.8) is 0 Å². The van der Waals surface area contributed by atoms with Crippen molar-refractivity contribution in [1.82, 2.24) is 25.5 Å². The van der Waals surface area contributed by atoms with Crippen molar-refractivity contribution in [1.29, 1.82) is 0 Å². The topological polar surface area (TPSA) is 69.4 Å². The summed E-state index contributed by atoms with van der Waals surface area (Å²) in [6.07, 6.45) is 4.34. The Morgan fingerprint density at radius 1 is 1.04 bits per heavy atom. The minimum absolute atomic E-state index is 0.591. The summed E-state index contributed by atoms with van der Waals surface area (Å²) in [5, 5.41) is 13.3. The molecule has 0 unspecified atom stereocenters. The van der Waals surface area contributed by atoms with Gasteiger partial charge in [-0.2, -0.15) is 5.10 Å². The number of aromatic amines is 2. The summed E-state index contributed by atoms with van der Waals surface area (Å²) >= 11 is 0. The van der Waals surface area contributed by atoms with Crippen LogP contribution in [0.3, 0.4) is 0 Å². The van der Waals surface area contributed by atoms with E-state index in [0.717, 1.165) is 41.0 Å². The number of pyridine rings is 1. The van der Waals surface area contributed by atoms with E-state index in [1.165, 1.54) is 23.8 Å². The number of piperidine rings is 1. The van der Waals surface area contributed by atoms with Gasteiger partial charge in [0, 0.05) is 22.5 Å². The molecule has 0 amide bonds. The van der Waals surface area contributed by atoms with Crippen LogP contribution in [-0.4, -0.2) is 33.3 Å². The van der Waals surface area contributed by atoms with Crippen LogP contribution in [0.15, 0.2) is 42.6 Å². The van der Waals surface area contributed by atoms with Crippen LogP contribution >= 0.6 is 0 Å². The number of hydrogen-bond acceptors (Lipinski definition) is 3. The molecule has 1 saturated heterocycles. The molecule has 0 saturated carbocycles. The van der Waals surface area contributed by atoms with Gasteiger partial charge in [0.1, 0.15) is 0 Å².